The number of hydrogen-bond donors (Lipinski definition) is 2. The second-order valence-electron chi connectivity index (χ2n) is 7.07. The third kappa shape index (κ3) is 5.43. The van der Waals surface area contributed by atoms with E-state index in [1.807, 2.05) is 17.7 Å². The van der Waals surface area contributed by atoms with Crippen molar-refractivity contribution in [2.75, 3.05) is 43.4 Å². The Morgan fingerprint density at radius 1 is 1.30 bits per heavy atom. The van der Waals surface area contributed by atoms with E-state index in [0.717, 1.165) is 32.6 Å². The fourth-order valence-electron chi connectivity index (χ4n) is 3.28. The van der Waals surface area contributed by atoms with Crippen LogP contribution in [0.1, 0.15) is 13.3 Å². The number of carbonyl (C=O) groups excluding carboxylic acids is 1. The van der Waals surface area contributed by atoms with Crippen molar-refractivity contribution < 1.29 is 9.18 Å². The summed E-state index contributed by atoms with van der Waals surface area (Å²) in [7, 11) is 2.08. The number of amides is 2. The molecule has 0 bridgehead atoms. The van der Waals surface area contributed by atoms with Gasteiger partial charge in [0.05, 0.1) is 12.0 Å². The minimum atomic E-state index is -0.355. The average Bonchev–Trinajstić information content (AvgIpc) is 3.01. The molecule has 2 amide bonds. The van der Waals surface area contributed by atoms with Gasteiger partial charge in [0, 0.05) is 50.3 Å². The Hall–Kier alpha value is -2.61. The fraction of sp³-hybridized carbons (Fsp3) is 0.474. The van der Waals surface area contributed by atoms with Crippen LogP contribution in [0, 0.1) is 5.82 Å². The van der Waals surface area contributed by atoms with Crippen molar-refractivity contribution in [3.05, 3.63) is 42.7 Å². The molecule has 0 aliphatic carbocycles. The highest BCUT2D eigenvalue weighted by Crippen LogP contribution is 2.24. The molecule has 0 saturated carbocycles. The normalized spacial score (nSPS) is 16.6. The van der Waals surface area contributed by atoms with Crippen LogP contribution in [0.15, 0.2) is 36.9 Å². The van der Waals surface area contributed by atoms with Crippen molar-refractivity contribution in [1.82, 2.24) is 19.8 Å². The maximum Gasteiger partial charge on any atom is 0.319 e. The number of likely N-dealkylation sites (N-methyl/N-ethyl adjacent to an activating group) is 1. The summed E-state index contributed by atoms with van der Waals surface area (Å²) in [6, 6.07) is 4.42. The summed E-state index contributed by atoms with van der Waals surface area (Å²) in [5, 5.41) is 5.54. The van der Waals surface area contributed by atoms with Crippen molar-refractivity contribution in [2.24, 2.45) is 0 Å². The zero-order valence-corrected chi connectivity index (χ0v) is 15.9. The Balaban J connectivity index is 1.56. The smallest absolute Gasteiger partial charge is 0.319 e. The summed E-state index contributed by atoms with van der Waals surface area (Å²) in [5.41, 5.74) is 1.03. The molecule has 1 saturated heterocycles. The molecule has 1 aromatic carbocycles. The average molecular weight is 374 g/mol. The molecule has 1 aliphatic heterocycles. The van der Waals surface area contributed by atoms with E-state index in [-0.39, 0.29) is 17.9 Å². The van der Waals surface area contributed by atoms with E-state index < -0.39 is 0 Å². The Morgan fingerprint density at radius 3 is 2.89 bits per heavy atom. The zero-order chi connectivity index (χ0) is 19.2. The van der Waals surface area contributed by atoms with Crippen LogP contribution < -0.4 is 15.5 Å². The maximum atomic E-state index is 14.6. The van der Waals surface area contributed by atoms with Crippen LogP contribution in [0.25, 0.3) is 0 Å². The molecule has 2 heterocycles. The van der Waals surface area contributed by atoms with E-state index in [4.69, 9.17) is 0 Å². The first-order valence-electron chi connectivity index (χ1n) is 9.27. The third-order valence-electron chi connectivity index (χ3n) is 4.69. The summed E-state index contributed by atoms with van der Waals surface area (Å²) < 4.78 is 16.5. The summed E-state index contributed by atoms with van der Waals surface area (Å²) in [6.07, 6.45) is 6.24. The number of imidazole rings is 1. The number of hydrogen-bond acceptors (Lipinski definition) is 4. The zero-order valence-electron chi connectivity index (χ0n) is 15.9. The molecular weight excluding hydrogens is 347 g/mol. The SMILES string of the molecule is CC(Cn1ccnc1)NC(=O)Nc1ccc(N2CCCN(C)CC2)c(F)c1. The Labute approximate surface area is 159 Å². The van der Waals surface area contributed by atoms with Crippen LogP contribution in [0.4, 0.5) is 20.6 Å². The van der Waals surface area contributed by atoms with E-state index in [9.17, 15) is 9.18 Å². The second-order valence-corrected chi connectivity index (χ2v) is 7.07. The van der Waals surface area contributed by atoms with E-state index in [0.29, 0.717) is 17.9 Å². The lowest BCUT2D eigenvalue weighted by molar-refractivity contribution is 0.248. The van der Waals surface area contributed by atoms with Gasteiger partial charge >= 0.3 is 6.03 Å². The number of halogens is 1. The predicted molar refractivity (Wildman–Crippen MR) is 105 cm³/mol. The number of aromatic nitrogens is 2. The molecule has 1 atom stereocenters. The molecule has 2 N–H and O–H groups in total. The lowest BCUT2D eigenvalue weighted by Gasteiger charge is -2.23. The van der Waals surface area contributed by atoms with Gasteiger partial charge < -0.3 is 25.0 Å². The number of carbonyl (C=O) groups is 1. The lowest BCUT2D eigenvalue weighted by atomic mass is 10.2. The molecule has 1 aliphatic rings. The second kappa shape index (κ2) is 8.85. The number of anilines is 2. The van der Waals surface area contributed by atoms with Gasteiger partial charge in [-0.15, -0.1) is 0 Å². The minimum Gasteiger partial charge on any atom is -0.368 e. The molecule has 1 fully saturated rings. The van der Waals surface area contributed by atoms with Crippen molar-refractivity contribution in [2.45, 2.75) is 25.9 Å². The first-order chi connectivity index (χ1) is 13.0. The van der Waals surface area contributed by atoms with E-state index in [1.54, 1.807) is 24.7 Å². The molecule has 146 valence electrons. The molecule has 27 heavy (non-hydrogen) atoms. The van der Waals surface area contributed by atoms with Crippen molar-refractivity contribution in [3.63, 3.8) is 0 Å². The standard InChI is InChI=1S/C19H27FN6O/c1-15(13-25-9-6-21-14-25)22-19(27)23-16-4-5-18(17(20)12-16)26-8-3-7-24(2)10-11-26/h4-6,9,12,14-15H,3,7-8,10-11,13H2,1-2H3,(H2,22,23,27). The summed E-state index contributed by atoms with van der Waals surface area (Å²) in [6.45, 7) is 6.09. The van der Waals surface area contributed by atoms with Gasteiger partial charge in [-0.25, -0.2) is 14.2 Å². The number of nitrogens with zero attached hydrogens (tertiary/aromatic N) is 4. The summed E-state index contributed by atoms with van der Waals surface area (Å²) >= 11 is 0. The topological polar surface area (TPSA) is 65.4 Å². The highest BCUT2D eigenvalue weighted by atomic mass is 19.1. The highest BCUT2D eigenvalue weighted by molar-refractivity contribution is 5.89. The van der Waals surface area contributed by atoms with Crippen LogP contribution in [-0.2, 0) is 6.54 Å². The molecule has 1 aromatic heterocycles. The number of nitrogens with one attached hydrogen (secondary N) is 2. The monoisotopic (exact) mass is 374 g/mol. The minimum absolute atomic E-state index is 0.0857. The number of rotatable bonds is 5. The van der Waals surface area contributed by atoms with Crippen molar-refractivity contribution >= 4 is 17.4 Å². The Kier molecular flexibility index (Phi) is 6.28. The van der Waals surface area contributed by atoms with Crippen LogP contribution in [0.2, 0.25) is 0 Å². The number of benzene rings is 1. The van der Waals surface area contributed by atoms with Crippen molar-refractivity contribution in [3.8, 4) is 0 Å². The van der Waals surface area contributed by atoms with Gasteiger partial charge in [0.15, 0.2) is 0 Å². The summed E-state index contributed by atoms with van der Waals surface area (Å²) in [5.74, 6) is -0.316. The first kappa shape index (κ1) is 19.2. The van der Waals surface area contributed by atoms with Crippen LogP contribution in [0.5, 0.6) is 0 Å². The molecule has 0 radical (unpaired) electrons. The van der Waals surface area contributed by atoms with Gasteiger partial charge in [-0.2, -0.15) is 0 Å². The van der Waals surface area contributed by atoms with E-state index in [1.165, 1.54) is 6.07 Å². The highest BCUT2D eigenvalue weighted by Gasteiger charge is 2.16. The molecule has 0 spiro atoms. The van der Waals surface area contributed by atoms with E-state index in [2.05, 4.69) is 32.5 Å². The Bertz CT molecular complexity index is 751. The molecule has 8 heteroatoms. The van der Waals surface area contributed by atoms with Gasteiger partial charge in [-0.3, -0.25) is 0 Å². The van der Waals surface area contributed by atoms with Gasteiger partial charge in [0.1, 0.15) is 5.82 Å². The fourth-order valence-corrected chi connectivity index (χ4v) is 3.28. The first-order valence-corrected chi connectivity index (χ1v) is 9.27. The quantitative estimate of drug-likeness (QED) is 0.843. The van der Waals surface area contributed by atoms with Crippen LogP contribution in [-0.4, -0.2) is 59.8 Å². The van der Waals surface area contributed by atoms with Gasteiger partial charge in [0.2, 0.25) is 0 Å². The van der Waals surface area contributed by atoms with Gasteiger partial charge in [-0.1, -0.05) is 0 Å². The predicted octanol–water partition coefficient (Wildman–Crippen LogP) is 2.37. The summed E-state index contributed by atoms with van der Waals surface area (Å²) in [4.78, 5) is 20.4. The molecular formula is C19H27FN6O. The van der Waals surface area contributed by atoms with Gasteiger partial charge in [0.25, 0.3) is 0 Å². The largest absolute Gasteiger partial charge is 0.368 e. The van der Waals surface area contributed by atoms with Crippen molar-refractivity contribution in [1.29, 1.82) is 0 Å². The van der Waals surface area contributed by atoms with Gasteiger partial charge in [-0.05, 0) is 45.1 Å². The third-order valence-corrected chi connectivity index (χ3v) is 4.69. The molecule has 7 nitrogen and oxygen atoms in total. The van der Waals surface area contributed by atoms with Crippen LogP contribution >= 0.6 is 0 Å². The molecule has 1 unspecified atom stereocenters. The maximum absolute atomic E-state index is 14.6. The Morgan fingerprint density at radius 2 is 2.15 bits per heavy atom. The lowest BCUT2D eigenvalue weighted by Crippen LogP contribution is -2.38. The van der Waals surface area contributed by atoms with E-state index >= 15 is 0 Å². The molecule has 3 rings (SSSR count). The number of urea groups is 1. The van der Waals surface area contributed by atoms with Crippen LogP contribution in [0.3, 0.4) is 0 Å². The molecule has 2 aromatic rings.